The van der Waals surface area contributed by atoms with Crippen LogP contribution in [0.25, 0.3) is 0 Å². The summed E-state index contributed by atoms with van der Waals surface area (Å²) in [7, 11) is 3.40. The number of ether oxygens (including phenoxy) is 2. The van der Waals surface area contributed by atoms with Crippen molar-refractivity contribution >= 4 is 0 Å². The molecule has 2 fully saturated rings. The Kier molecular flexibility index (Phi) is 4.56. The molecule has 0 amide bonds. The summed E-state index contributed by atoms with van der Waals surface area (Å²) in [4.78, 5) is 2.65. The van der Waals surface area contributed by atoms with Crippen LogP contribution < -0.4 is 15.2 Å². The average molecular weight is 318 g/mol. The number of nitrogens with two attached hydrogens (primary N) is 1. The molecule has 1 aromatic carbocycles. The number of hydrogen-bond acceptors (Lipinski definition) is 4. The topological polar surface area (TPSA) is 47.7 Å². The Labute approximate surface area is 139 Å². The molecule has 0 bridgehead atoms. The van der Waals surface area contributed by atoms with Crippen molar-refractivity contribution in [3.05, 3.63) is 23.8 Å². The van der Waals surface area contributed by atoms with Crippen LogP contribution in [0.15, 0.2) is 18.2 Å². The molecule has 3 atom stereocenters. The van der Waals surface area contributed by atoms with E-state index in [0.29, 0.717) is 18.1 Å². The van der Waals surface area contributed by atoms with Gasteiger partial charge in [-0.15, -0.1) is 0 Å². The molecule has 0 aromatic heterocycles. The molecule has 0 spiro atoms. The number of methoxy groups -OCH3 is 2. The van der Waals surface area contributed by atoms with Gasteiger partial charge in [-0.2, -0.15) is 0 Å². The first-order valence-electron chi connectivity index (χ1n) is 8.75. The van der Waals surface area contributed by atoms with E-state index in [1.165, 1.54) is 12.0 Å². The molecule has 1 aliphatic carbocycles. The third kappa shape index (κ3) is 2.72. The summed E-state index contributed by atoms with van der Waals surface area (Å²) in [5, 5.41) is 0. The quantitative estimate of drug-likeness (QED) is 0.927. The molecule has 0 radical (unpaired) electrons. The van der Waals surface area contributed by atoms with E-state index in [1.807, 2.05) is 6.07 Å². The van der Waals surface area contributed by atoms with E-state index in [0.717, 1.165) is 37.3 Å². The van der Waals surface area contributed by atoms with Crippen molar-refractivity contribution in [3.8, 4) is 11.5 Å². The summed E-state index contributed by atoms with van der Waals surface area (Å²) in [5.41, 5.74) is 7.91. The molecule has 2 aliphatic rings. The smallest absolute Gasteiger partial charge is 0.161 e. The zero-order chi connectivity index (χ0) is 16.6. The van der Waals surface area contributed by atoms with Gasteiger partial charge in [0.1, 0.15) is 0 Å². The van der Waals surface area contributed by atoms with Crippen LogP contribution in [-0.2, 0) is 5.41 Å². The molecular weight excluding hydrogens is 288 g/mol. The second kappa shape index (κ2) is 6.33. The minimum absolute atomic E-state index is 0.208. The largest absolute Gasteiger partial charge is 0.493 e. The normalized spacial score (nSPS) is 31.2. The molecule has 23 heavy (non-hydrogen) atoms. The maximum Gasteiger partial charge on any atom is 0.161 e. The zero-order valence-electron chi connectivity index (χ0n) is 14.8. The second-order valence-corrected chi connectivity index (χ2v) is 7.36. The van der Waals surface area contributed by atoms with Crippen molar-refractivity contribution in [1.29, 1.82) is 0 Å². The standard InChI is InChI=1S/C19H30N2O2/c1-13(2)21-10-9-19(8-7-15(20)12-18(19)21)14-5-6-16(22-3)17(11-14)23-4/h5-6,11,13,15,18H,7-10,12,20H2,1-4H3/t15-,18+,19-/m0/s1. The molecule has 128 valence electrons. The molecule has 1 saturated carbocycles. The van der Waals surface area contributed by atoms with Gasteiger partial charge in [-0.1, -0.05) is 6.07 Å². The van der Waals surface area contributed by atoms with E-state index >= 15 is 0 Å². The van der Waals surface area contributed by atoms with Gasteiger partial charge in [-0.05, 0) is 63.8 Å². The Bertz CT molecular complexity index is 560. The van der Waals surface area contributed by atoms with Crippen molar-refractivity contribution in [1.82, 2.24) is 4.90 Å². The first-order chi connectivity index (χ1) is 11.0. The second-order valence-electron chi connectivity index (χ2n) is 7.36. The lowest BCUT2D eigenvalue weighted by Gasteiger charge is -2.45. The average Bonchev–Trinajstić information content (AvgIpc) is 2.94. The third-order valence-corrected chi connectivity index (χ3v) is 5.96. The van der Waals surface area contributed by atoms with Gasteiger partial charge in [0.15, 0.2) is 11.5 Å². The van der Waals surface area contributed by atoms with Crippen LogP contribution in [0.4, 0.5) is 0 Å². The fourth-order valence-electron chi connectivity index (χ4n) is 4.71. The Balaban J connectivity index is 2.01. The van der Waals surface area contributed by atoms with Crippen molar-refractivity contribution in [2.45, 2.75) is 63.1 Å². The van der Waals surface area contributed by atoms with Crippen molar-refractivity contribution < 1.29 is 9.47 Å². The van der Waals surface area contributed by atoms with Gasteiger partial charge < -0.3 is 15.2 Å². The van der Waals surface area contributed by atoms with Crippen molar-refractivity contribution in [2.75, 3.05) is 20.8 Å². The Morgan fingerprint density at radius 2 is 1.91 bits per heavy atom. The summed E-state index contributed by atoms with van der Waals surface area (Å²) in [6, 6.07) is 7.89. The monoisotopic (exact) mass is 318 g/mol. The SMILES string of the molecule is COc1ccc([C@@]23CC[C@H](N)C[C@H]2N(C(C)C)CC3)cc1OC. The van der Waals surface area contributed by atoms with E-state index in [2.05, 4.69) is 30.9 Å². The van der Waals surface area contributed by atoms with Crippen LogP contribution in [0.2, 0.25) is 0 Å². The van der Waals surface area contributed by atoms with Gasteiger partial charge in [0, 0.05) is 23.5 Å². The van der Waals surface area contributed by atoms with Gasteiger partial charge in [0.2, 0.25) is 0 Å². The number of benzene rings is 1. The number of hydrogen-bond donors (Lipinski definition) is 1. The van der Waals surface area contributed by atoms with Crippen LogP contribution in [-0.4, -0.2) is 43.8 Å². The van der Waals surface area contributed by atoms with Gasteiger partial charge >= 0.3 is 0 Å². The molecule has 1 heterocycles. The molecular formula is C19H30N2O2. The molecule has 1 aliphatic heterocycles. The van der Waals surface area contributed by atoms with E-state index in [9.17, 15) is 0 Å². The van der Waals surface area contributed by atoms with Gasteiger partial charge in [-0.3, -0.25) is 4.90 Å². The predicted octanol–water partition coefficient (Wildman–Crippen LogP) is 2.94. The molecule has 2 N–H and O–H groups in total. The van der Waals surface area contributed by atoms with Crippen LogP contribution in [0.3, 0.4) is 0 Å². The number of nitrogens with zero attached hydrogens (tertiary/aromatic N) is 1. The third-order valence-electron chi connectivity index (χ3n) is 5.96. The van der Waals surface area contributed by atoms with Gasteiger partial charge in [0.05, 0.1) is 14.2 Å². The van der Waals surface area contributed by atoms with E-state index in [-0.39, 0.29) is 5.41 Å². The summed E-state index contributed by atoms with van der Waals surface area (Å²) in [5.74, 6) is 1.63. The molecule has 1 saturated heterocycles. The minimum Gasteiger partial charge on any atom is -0.493 e. The Morgan fingerprint density at radius 1 is 1.17 bits per heavy atom. The predicted molar refractivity (Wildman–Crippen MR) is 93.3 cm³/mol. The maximum absolute atomic E-state index is 6.32. The van der Waals surface area contributed by atoms with E-state index in [1.54, 1.807) is 14.2 Å². The molecule has 3 rings (SSSR count). The van der Waals surface area contributed by atoms with Crippen LogP contribution in [0.1, 0.15) is 45.1 Å². The Hall–Kier alpha value is -1.26. The molecule has 0 unspecified atom stereocenters. The number of likely N-dealkylation sites (tertiary alicyclic amines) is 1. The van der Waals surface area contributed by atoms with E-state index in [4.69, 9.17) is 15.2 Å². The minimum atomic E-state index is 0.208. The summed E-state index contributed by atoms with van der Waals surface area (Å²) < 4.78 is 11.0. The number of fused-ring (bicyclic) bond motifs is 1. The summed E-state index contributed by atoms with van der Waals surface area (Å²) in [6.45, 7) is 5.75. The highest BCUT2D eigenvalue weighted by atomic mass is 16.5. The lowest BCUT2D eigenvalue weighted by atomic mass is 9.65. The van der Waals surface area contributed by atoms with Crippen LogP contribution in [0, 0.1) is 0 Å². The fourth-order valence-corrected chi connectivity index (χ4v) is 4.71. The summed E-state index contributed by atoms with van der Waals surface area (Å²) in [6.07, 6.45) is 4.57. The lowest BCUT2D eigenvalue weighted by molar-refractivity contribution is 0.119. The van der Waals surface area contributed by atoms with Gasteiger partial charge in [-0.25, -0.2) is 0 Å². The Morgan fingerprint density at radius 3 is 2.57 bits per heavy atom. The maximum atomic E-state index is 6.32. The molecule has 1 aromatic rings. The molecule has 4 heteroatoms. The highest BCUT2D eigenvalue weighted by Gasteiger charge is 2.51. The van der Waals surface area contributed by atoms with Crippen LogP contribution in [0.5, 0.6) is 11.5 Å². The zero-order valence-corrected chi connectivity index (χ0v) is 14.8. The highest BCUT2D eigenvalue weighted by Crippen LogP contribution is 2.50. The van der Waals surface area contributed by atoms with Crippen molar-refractivity contribution in [3.63, 3.8) is 0 Å². The highest BCUT2D eigenvalue weighted by molar-refractivity contribution is 5.46. The lowest BCUT2D eigenvalue weighted by Crippen LogP contribution is -2.51. The number of rotatable bonds is 4. The van der Waals surface area contributed by atoms with Crippen LogP contribution >= 0.6 is 0 Å². The first-order valence-corrected chi connectivity index (χ1v) is 8.75. The van der Waals surface area contributed by atoms with E-state index < -0.39 is 0 Å². The van der Waals surface area contributed by atoms with Crippen molar-refractivity contribution in [2.24, 2.45) is 5.73 Å². The van der Waals surface area contributed by atoms with Gasteiger partial charge in [0.25, 0.3) is 0 Å². The summed E-state index contributed by atoms with van der Waals surface area (Å²) >= 11 is 0. The fraction of sp³-hybridized carbons (Fsp3) is 0.684. The first kappa shape index (κ1) is 16.6. The molecule has 4 nitrogen and oxygen atoms in total.